The summed E-state index contributed by atoms with van der Waals surface area (Å²) in [7, 11) is 0. The quantitative estimate of drug-likeness (QED) is 0.579. The normalized spacial score (nSPS) is 15.0. The van der Waals surface area contributed by atoms with E-state index in [-0.39, 0.29) is 11.9 Å². The Morgan fingerprint density at radius 3 is 2.85 bits per heavy atom. The van der Waals surface area contributed by atoms with Gasteiger partial charge in [0.2, 0.25) is 5.91 Å². The second-order valence-corrected chi connectivity index (χ2v) is 2.89. The maximum Gasteiger partial charge on any atom is 0.237 e. The number of hydrogen-bond donors (Lipinski definition) is 3. The second kappa shape index (κ2) is 3.99. The lowest BCUT2D eigenvalue weighted by molar-refractivity contribution is -0.122. The van der Waals surface area contributed by atoms with Crippen molar-refractivity contribution in [2.24, 2.45) is 5.73 Å². The molecule has 0 bridgehead atoms. The largest absolute Gasteiger partial charge is 0.345 e. The molecule has 0 fully saturated rings. The van der Waals surface area contributed by atoms with E-state index in [1.165, 1.54) is 6.33 Å². The van der Waals surface area contributed by atoms with Gasteiger partial charge in [-0.05, 0) is 13.8 Å². The molecule has 1 amide bonds. The Kier molecular flexibility index (Phi) is 2.97. The highest BCUT2D eigenvalue weighted by Gasteiger charge is 2.13. The van der Waals surface area contributed by atoms with Crippen molar-refractivity contribution in [2.45, 2.75) is 25.9 Å². The Bertz CT molecular complexity index is 268. The molecule has 0 aliphatic heterocycles. The molecule has 6 nitrogen and oxygen atoms in total. The minimum Gasteiger partial charge on any atom is -0.345 e. The van der Waals surface area contributed by atoms with Crippen molar-refractivity contribution in [3.05, 3.63) is 12.2 Å². The summed E-state index contributed by atoms with van der Waals surface area (Å²) in [6, 6.07) is -0.702. The van der Waals surface area contributed by atoms with Crippen molar-refractivity contribution in [2.75, 3.05) is 0 Å². The highest BCUT2D eigenvalue weighted by Crippen LogP contribution is 2.03. The summed E-state index contributed by atoms with van der Waals surface area (Å²) in [6.45, 7) is 3.43. The average molecular weight is 183 g/mol. The van der Waals surface area contributed by atoms with Gasteiger partial charge >= 0.3 is 0 Å². The van der Waals surface area contributed by atoms with E-state index >= 15 is 0 Å². The molecular weight excluding hydrogens is 170 g/mol. The number of rotatable bonds is 3. The van der Waals surface area contributed by atoms with Crippen LogP contribution in [0.15, 0.2) is 6.33 Å². The minimum absolute atomic E-state index is 0.194. The minimum atomic E-state index is -0.509. The van der Waals surface area contributed by atoms with Crippen LogP contribution in [-0.4, -0.2) is 27.1 Å². The molecule has 0 aliphatic carbocycles. The van der Waals surface area contributed by atoms with Crippen LogP contribution in [0.5, 0.6) is 0 Å². The topological polar surface area (TPSA) is 96.7 Å². The number of hydrogen-bond acceptors (Lipinski definition) is 4. The first kappa shape index (κ1) is 9.66. The van der Waals surface area contributed by atoms with Gasteiger partial charge in [0.05, 0.1) is 12.1 Å². The van der Waals surface area contributed by atoms with E-state index in [1.54, 1.807) is 13.8 Å². The lowest BCUT2D eigenvalue weighted by atomic mass is 10.2. The number of nitrogens with zero attached hydrogens (tertiary/aromatic N) is 2. The molecule has 1 aromatic rings. The predicted molar refractivity (Wildman–Crippen MR) is 46.6 cm³/mol. The van der Waals surface area contributed by atoms with Crippen LogP contribution in [0.4, 0.5) is 0 Å². The van der Waals surface area contributed by atoms with Crippen molar-refractivity contribution < 1.29 is 4.79 Å². The summed E-state index contributed by atoms with van der Waals surface area (Å²) >= 11 is 0. The third-order valence-electron chi connectivity index (χ3n) is 1.62. The average Bonchev–Trinajstić information content (AvgIpc) is 2.55. The molecule has 0 spiro atoms. The predicted octanol–water partition coefficient (Wildman–Crippen LogP) is -0.671. The van der Waals surface area contributed by atoms with E-state index in [0.717, 1.165) is 0 Å². The zero-order chi connectivity index (χ0) is 9.84. The molecule has 1 heterocycles. The summed E-state index contributed by atoms with van der Waals surface area (Å²) in [5.74, 6) is 0.415. The van der Waals surface area contributed by atoms with E-state index in [9.17, 15) is 4.79 Å². The van der Waals surface area contributed by atoms with Gasteiger partial charge in [0.25, 0.3) is 0 Å². The zero-order valence-electron chi connectivity index (χ0n) is 7.61. The summed E-state index contributed by atoms with van der Waals surface area (Å²) in [5, 5.41) is 9.03. The molecule has 2 atom stereocenters. The molecule has 0 aliphatic rings. The van der Waals surface area contributed by atoms with Crippen LogP contribution in [0.2, 0.25) is 0 Å². The first-order valence-electron chi connectivity index (χ1n) is 4.02. The van der Waals surface area contributed by atoms with Gasteiger partial charge < -0.3 is 11.1 Å². The Morgan fingerprint density at radius 2 is 2.38 bits per heavy atom. The molecule has 0 aromatic carbocycles. The van der Waals surface area contributed by atoms with Gasteiger partial charge in [-0.25, -0.2) is 4.98 Å². The van der Waals surface area contributed by atoms with Gasteiger partial charge in [-0.3, -0.25) is 9.89 Å². The summed E-state index contributed by atoms with van der Waals surface area (Å²) < 4.78 is 0. The Morgan fingerprint density at radius 1 is 1.69 bits per heavy atom. The van der Waals surface area contributed by atoms with Gasteiger partial charge in [-0.15, -0.1) is 0 Å². The standard InChI is InChI=1S/C7H13N5O/c1-4(8)7(13)11-5(2)6-9-3-10-12-6/h3-5H,8H2,1-2H3,(H,11,13)(H,9,10,12)/t4-,5?/m0/s1. The number of H-pyrrole nitrogens is 1. The molecule has 72 valence electrons. The first-order chi connectivity index (χ1) is 6.11. The van der Waals surface area contributed by atoms with Crippen LogP contribution in [-0.2, 0) is 4.79 Å². The molecule has 6 heteroatoms. The number of aromatic amines is 1. The van der Waals surface area contributed by atoms with E-state index in [1.807, 2.05) is 0 Å². The molecular formula is C7H13N5O. The number of amides is 1. The molecule has 13 heavy (non-hydrogen) atoms. The van der Waals surface area contributed by atoms with Crippen molar-refractivity contribution in [1.82, 2.24) is 20.5 Å². The third-order valence-corrected chi connectivity index (χ3v) is 1.62. The maximum absolute atomic E-state index is 11.2. The fourth-order valence-electron chi connectivity index (χ4n) is 0.837. The molecule has 4 N–H and O–H groups in total. The third kappa shape index (κ3) is 2.51. The zero-order valence-corrected chi connectivity index (χ0v) is 7.61. The molecule has 0 radical (unpaired) electrons. The molecule has 1 unspecified atom stereocenters. The van der Waals surface area contributed by atoms with Crippen molar-refractivity contribution in [3.8, 4) is 0 Å². The Labute approximate surface area is 75.9 Å². The Hall–Kier alpha value is -1.43. The number of carbonyl (C=O) groups is 1. The first-order valence-corrected chi connectivity index (χ1v) is 4.02. The SMILES string of the molecule is CC(NC(=O)[C@H](C)N)c1ncn[nH]1. The van der Waals surface area contributed by atoms with Crippen molar-refractivity contribution in [3.63, 3.8) is 0 Å². The number of carbonyl (C=O) groups excluding carboxylic acids is 1. The smallest absolute Gasteiger partial charge is 0.237 e. The maximum atomic E-state index is 11.2. The van der Waals surface area contributed by atoms with Crippen LogP contribution in [0.1, 0.15) is 25.7 Å². The van der Waals surface area contributed by atoms with Crippen LogP contribution in [0.25, 0.3) is 0 Å². The summed E-state index contributed by atoms with van der Waals surface area (Å²) in [4.78, 5) is 15.1. The number of nitrogens with one attached hydrogen (secondary N) is 2. The fourth-order valence-corrected chi connectivity index (χ4v) is 0.837. The summed E-state index contributed by atoms with van der Waals surface area (Å²) in [5.41, 5.74) is 5.38. The monoisotopic (exact) mass is 183 g/mol. The number of nitrogens with two attached hydrogens (primary N) is 1. The molecule has 1 rings (SSSR count). The van der Waals surface area contributed by atoms with Crippen LogP contribution < -0.4 is 11.1 Å². The molecule has 0 saturated carbocycles. The van der Waals surface area contributed by atoms with Crippen molar-refractivity contribution >= 4 is 5.91 Å². The Balaban J connectivity index is 2.51. The molecule has 0 saturated heterocycles. The van der Waals surface area contributed by atoms with Crippen LogP contribution >= 0.6 is 0 Å². The van der Waals surface area contributed by atoms with Gasteiger partial charge in [-0.1, -0.05) is 0 Å². The summed E-state index contributed by atoms with van der Waals surface area (Å²) in [6.07, 6.45) is 1.39. The number of aromatic nitrogens is 3. The molecule has 1 aromatic heterocycles. The van der Waals surface area contributed by atoms with Gasteiger partial charge in [0, 0.05) is 0 Å². The van der Waals surface area contributed by atoms with E-state index in [4.69, 9.17) is 5.73 Å². The van der Waals surface area contributed by atoms with Crippen LogP contribution in [0.3, 0.4) is 0 Å². The van der Waals surface area contributed by atoms with Crippen LogP contribution in [0, 0.1) is 0 Å². The van der Waals surface area contributed by atoms with Crippen molar-refractivity contribution in [1.29, 1.82) is 0 Å². The second-order valence-electron chi connectivity index (χ2n) is 2.89. The van der Waals surface area contributed by atoms with E-state index < -0.39 is 6.04 Å². The van der Waals surface area contributed by atoms with E-state index in [0.29, 0.717) is 5.82 Å². The van der Waals surface area contributed by atoms with Gasteiger partial charge in [-0.2, -0.15) is 5.10 Å². The van der Waals surface area contributed by atoms with Gasteiger partial charge in [0.1, 0.15) is 12.2 Å². The van der Waals surface area contributed by atoms with E-state index in [2.05, 4.69) is 20.5 Å². The lowest BCUT2D eigenvalue weighted by Gasteiger charge is -2.12. The highest BCUT2D eigenvalue weighted by molar-refractivity contribution is 5.81. The fraction of sp³-hybridized carbons (Fsp3) is 0.571. The van der Waals surface area contributed by atoms with Gasteiger partial charge in [0.15, 0.2) is 0 Å². The highest BCUT2D eigenvalue weighted by atomic mass is 16.2. The lowest BCUT2D eigenvalue weighted by Crippen LogP contribution is -2.39.